The minimum Gasteiger partial charge on any atom is -0.398 e. The van der Waals surface area contributed by atoms with Crippen molar-refractivity contribution in [3.05, 3.63) is 20.7 Å². The van der Waals surface area contributed by atoms with Gasteiger partial charge in [-0.1, -0.05) is 31.9 Å². The molecule has 0 aromatic carbocycles. The summed E-state index contributed by atoms with van der Waals surface area (Å²) >= 11 is 6.53. The van der Waals surface area contributed by atoms with E-state index in [1.54, 1.807) is 0 Å². The molecule has 52 valence electrons. The van der Waals surface area contributed by atoms with Gasteiger partial charge in [-0.05, 0) is 24.4 Å². The van der Waals surface area contributed by atoms with Crippen LogP contribution in [0.15, 0.2) is 20.7 Å². The number of halogens is 2. The molecule has 0 aliphatic rings. The van der Waals surface area contributed by atoms with Crippen molar-refractivity contribution < 1.29 is 0 Å². The van der Waals surface area contributed by atoms with Gasteiger partial charge in [-0.3, -0.25) is 0 Å². The molecule has 0 aliphatic heterocycles. The molecule has 0 aliphatic carbocycles. The molecular formula is C6H9Br2N. The first-order valence-electron chi connectivity index (χ1n) is 2.49. The summed E-state index contributed by atoms with van der Waals surface area (Å²) in [5.41, 5.74) is 6.30. The molecule has 9 heavy (non-hydrogen) atoms. The first-order chi connectivity index (χ1) is 4.04. The van der Waals surface area contributed by atoms with E-state index in [0.717, 1.165) is 14.7 Å². The molecule has 0 atom stereocenters. The summed E-state index contributed by atoms with van der Waals surface area (Å²) in [6.07, 6.45) is 1.85. The molecule has 0 saturated carbocycles. The van der Waals surface area contributed by atoms with Gasteiger partial charge in [0.1, 0.15) is 0 Å². The average molecular weight is 255 g/mol. The van der Waals surface area contributed by atoms with Gasteiger partial charge in [0.15, 0.2) is 0 Å². The molecule has 0 aromatic rings. The zero-order valence-electron chi connectivity index (χ0n) is 5.41. The van der Waals surface area contributed by atoms with Crippen molar-refractivity contribution in [3.63, 3.8) is 0 Å². The van der Waals surface area contributed by atoms with Crippen molar-refractivity contribution in [2.45, 2.75) is 13.8 Å². The highest BCUT2D eigenvalue weighted by Crippen LogP contribution is 2.11. The highest BCUT2D eigenvalue weighted by Gasteiger charge is 1.88. The second kappa shape index (κ2) is 4.12. The van der Waals surface area contributed by atoms with E-state index in [1.807, 2.05) is 19.9 Å². The second-order valence-electron chi connectivity index (χ2n) is 1.72. The van der Waals surface area contributed by atoms with Crippen LogP contribution in [0, 0.1) is 0 Å². The summed E-state index contributed by atoms with van der Waals surface area (Å²) in [6, 6.07) is 0. The van der Waals surface area contributed by atoms with E-state index in [-0.39, 0.29) is 0 Å². The molecule has 0 unspecified atom stereocenters. The van der Waals surface area contributed by atoms with Gasteiger partial charge < -0.3 is 5.73 Å². The molecular weight excluding hydrogens is 246 g/mol. The molecule has 0 saturated heterocycles. The maximum atomic E-state index is 5.54. The zero-order chi connectivity index (χ0) is 7.44. The fourth-order valence-corrected chi connectivity index (χ4v) is 0.675. The molecule has 0 radical (unpaired) electrons. The van der Waals surface area contributed by atoms with Gasteiger partial charge in [-0.15, -0.1) is 0 Å². The van der Waals surface area contributed by atoms with E-state index in [1.165, 1.54) is 0 Å². The molecule has 0 heterocycles. The third-order valence-corrected chi connectivity index (χ3v) is 1.44. The van der Waals surface area contributed by atoms with Crippen LogP contribution >= 0.6 is 31.9 Å². The van der Waals surface area contributed by atoms with Crippen LogP contribution < -0.4 is 5.73 Å². The number of rotatable bonds is 1. The van der Waals surface area contributed by atoms with Crippen LogP contribution in [0.25, 0.3) is 0 Å². The normalized spacial score (nSPS) is 15.3. The Hall–Kier alpha value is 0.240. The molecule has 0 rings (SSSR count). The summed E-state index contributed by atoms with van der Waals surface area (Å²) in [6.45, 7) is 3.84. The first-order valence-corrected chi connectivity index (χ1v) is 4.08. The quantitative estimate of drug-likeness (QED) is 0.716. The molecule has 0 aromatic heterocycles. The summed E-state index contributed by atoms with van der Waals surface area (Å²) in [5.74, 6) is 0. The van der Waals surface area contributed by atoms with Crippen LogP contribution in [0.4, 0.5) is 0 Å². The van der Waals surface area contributed by atoms with Crippen LogP contribution in [0.1, 0.15) is 13.8 Å². The molecule has 2 N–H and O–H groups in total. The van der Waals surface area contributed by atoms with Gasteiger partial charge >= 0.3 is 0 Å². The Bertz CT molecular complexity index is 150. The summed E-state index contributed by atoms with van der Waals surface area (Å²) < 4.78 is 1.99. The predicted octanol–water partition coefficient (Wildman–Crippen LogP) is 2.87. The fourth-order valence-electron chi connectivity index (χ4n) is 0.314. The number of hydrogen-bond donors (Lipinski definition) is 1. The number of hydrogen-bond acceptors (Lipinski definition) is 1. The van der Waals surface area contributed by atoms with E-state index in [2.05, 4.69) is 31.9 Å². The van der Waals surface area contributed by atoms with Crippen molar-refractivity contribution in [1.29, 1.82) is 0 Å². The van der Waals surface area contributed by atoms with Crippen LogP contribution in [0.2, 0.25) is 0 Å². The van der Waals surface area contributed by atoms with Crippen molar-refractivity contribution in [2.24, 2.45) is 5.73 Å². The van der Waals surface area contributed by atoms with Gasteiger partial charge in [0.25, 0.3) is 0 Å². The molecule has 0 bridgehead atoms. The molecule has 0 spiro atoms. The van der Waals surface area contributed by atoms with Gasteiger partial charge in [0.2, 0.25) is 0 Å². The first kappa shape index (κ1) is 9.24. The minimum absolute atomic E-state index is 0.754. The van der Waals surface area contributed by atoms with Crippen LogP contribution in [-0.4, -0.2) is 0 Å². The topological polar surface area (TPSA) is 26.0 Å². The zero-order valence-corrected chi connectivity index (χ0v) is 8.58. The second-order valence-corrected chi connectivity index (χ2v) is 4.16. The molecule has 0 amide bonds. The maximum Gasteiger partial charge on any atom is 0.0421 e. The maximum absolute atomic E-state index is 5.54. The van der Waals surface area contributed by atoms with Crippen LogP contribution in [0.3, 0.4) is 0 Å². The lowest BCUT2D eigenvalue weighted by Gasteiger charge is -1.93. The minimum atomic E-state index is 0.754. The van der Waals surface area contributed by atoms with E-state index < -0.39 is 0 Å². The summed E-state index contributed by atoms with van der Waals surface area (Å²) in [5, 5.41) is 0. The summed E-state index contributed by atoms with van der Waals surface area (Å²) in [7, 11) is 0. The average Bonchev–Trinajstić information content (AvgIpc) is 1.63. The van der Waals surface area contributed by atoms with Gasteiger partial charge in [0, 0.05) is 10.2 Å². The third kappa shape index (κ3) is 4.73. The van der Waals surface area contributed by atoms with Gasteiger partial charge in [-0.2, -0.15) is 0 Å². The highest BCUT2D eigenvalue weighted by molar-refractivity contribution is 9.12. The number of nitrogens with two attached hydrogens (primary N) is 1. The van der Waals surface area contributed by atoms with Crippen LogP contribution in [0.5, 0.6) is 0 Å². The monoisotopic (exact) mass is 253 g/mol. The highest BCUT2D eigenvalue weighted by atomic mass is 79.9. The Labute approximate surface area is 72.3 Å². The number of allylic oxidation sites excluding steroid dienone is 3. The predicted molar refractivity (Wildman–Crippen MR) is 48.5 cm³/mol. The van der Waals surface area contributed by atoms with Crippen molar-refractivity contribution in [2.75, 3.05) is 0 Å². The van der Waals surface area contributed by atoms with Gasteiger partial charge in [0.05, 0.1) is 0 Å². The van der Waals surface area contributed by atoms with Crippen molar-refractivity contribution in [1.82, 2.24) is 0 Å². The van der Waals surface area contributed by atoms with E-state index in [4.69, 9.17) is 5.73 Å². The smallest absolute Gasteiger partial charge is 0.0421 e. The SMILES string of the molecule is C/C(Br)=C(N)\C=C(/C)Br. The van der Waals surface area contributed by atoms with E-state index >= 15 is 0 Å². The van der Waals surface area contributed by atoms with Crippen molar-refractivity contribution in [3.8, 4) is 0 Å². The standard InChI is InChI=1S/C6H9Br2N/c1-4(7)3-6(9)5(2)8/h3H,9H2,1-2H3/b4-3+,6-5-. The lowest BCUT2D eigenvalue weighted by Crippen LogP contribution is -1.93. The molecule has 1 nitrogen and oxygen atoms in total. The third-order valence-electron chi connectivity index (χ3n) is 0.752. The Balaban J connectivity index is 4.25. The Kier molecular flexibility index (Phi) is 4.23. The van der Waals surface area contributed by atoms with Crippen molar-refractivity contribution >= 4 is 31.9 Å². The largest absolute Gasteiger partial charge is 0.398 e. The Morgan fingerprint density at radius 3 is 1.89 bits per heavy atom. The lowest BCUT2D eigenvalue weighted by molar-refractivity contribution is 1.37. The van der Waals surface area contributed by atoms with Gasteiger partial charge in [-0.25, -0.2) is 0 Å². The van der Waals surface area contributed by atoms with Crippen LogP contribution in [-0.2, 0) is 0 Å². The van der Waals surface area contributed by atoms with E-state index in [0.29, 0.717) is 0 Å². The molecule has 0 fully saturated rings. The Morgan fingerprint density at radius 1 is 1.33 bits per heavy atom. The molecule has 3 heteroatoms. The summed E-state index contributed by atoms with van der Waals surface area (Å²) in [4.78, 5) is 0. The Morgan fingerprint density at radius 2 is 1.78 bits per heavy atom. The van der Waals surface area contributed by atoms with E-state index in [9.17, 15) is 0 Å². The fraction of sp³-hybridized carbons (Fsp3) is 0.333. The lowest BCUT2D eigenvalue weighted by atomic mass is 10.4.